The van der Waals surface area contributed by atoms with Gasteiger partial charge < -0.3 is 19.3 Å². The predicted molar refractivity (Wildman–Crippen MR) is 129 cm³/mol. The zero-order chi connectivity index (χ0) is 25.4. The molecule has 1 N–H and O–H groups in total. The third kappa shape index (κ3) is 7.83. The summed E-state index contributed by atoms with van der Waals surface area (Å²) < 4.78 is 45.9. The Bertz CT molecular complexity index is 1070. The standard InChI is InChI=1S/C26H33F2N3O4/c1-18(2)34-17-23(32)15-30(12-13-33-4)16-25-19(3)29-31(22-10-8-20(27)9-11-22)26(25)35-24-7-5-6-21(28)14-24/h5-11,14,18,23,32H,12-13,15-17H2,1-4H3/t23-/m0/s1. The molecule has 2 aromatic carbocycles. The number of rotatable bonds is 13. The van der Waals surface area contributed by atoms with E-state index in [4.69, 9.17) is 14.2 Å². The zero-order valence-electron chi connectivity index (χ0n) is 20.6. The van der Waals surface area contributed by atoms with Gasteiger partial charge in [-0.25, -0.2) is 13.5 Å². The van der Waals surface area contributed by atoms with Crippen LogP contribution in [0.1, 0.15) is 25.1 Å². The van der Waals surface area contributed by atoms with Gasteiger partial charge in [0.25, 0.3) is 0 Å². The number of aliphatic hydroxyl groups excluding tert-OH is 1. The van der Waals surface area contributed by atoms with Crippen molar-refractivity contribution in [1.29, 1.82) is 0 Å². The van der Waals surface area contributed by atoms with E-state index >= 15 is 0 Å². The molecule has 0 aliphatic carbocycles. The second-order valence-electron chi connectivity index (χ2n) is 8.58. The third-order valence-electron chi connectivity index (χ3n) is 5.30. The van der Waals surface area contributed by atoms with E-state index in [-0.39, 0.29) is 18.5 Å². The van der Waals surface area contributed by atoms with Crippen molar-refractivity contribution in [2.24, 2.45) is 0 Å². The number of aryl methyl sites for hydroxylation is 1. The fourth-order valence-corrected chi connectivity index (χ4v) is 3.56. The van der Waals surface area contributed by atoms with Crippen LogP contribution in [0, 0.1) is 18.6 Å². The maximum Gasteiger partial charge on any atom is 0.227 e. The first-order valence-electron chi connectivity index (χ1n) is 11.6. The van der Waals surface area contributed by atoms with E-state index in [9.17, 15) is 13.9 Å². The van der Waals surface area contributed by atoms with Crippen molar-refractivity contribution in [3.63, 3.8) is 0 Å². The zero-order valence-corrected chi connectivity index (χ0v) is 20.6. The average Bonchev–Trinajstić information content (AvgIpc) is 3.11. The number of halogens is 2. The fourth-order valence-electron chi connectivity index (χ4n) is 3.56. The largest absolute Gasteiger partial charge is 0.438 e. The molecule has 0 fully saturated rings. The van der Waals surface area contributed by atoms with Crippen LogP contribution in [0.4, 0.5) is 8.78 Å². The Kier molecular flexibility index (Phi) is 9.73. The summed E-state index contributed by atoms with van der Waals surface area (Å²) in [5, 5.41) is 15.2. The summed E-state index contributed by atoms with van der Waals surface area (Å²) in [5.41, 5.74) is 2.05. The molecular formula is C26H33F2N3O4. The van der Waals surface area contributed by atoms with Crippen molar-refractivity contribution in [2.75, 3.05) is 33.4 Å². The first kappa shape index (κ1) is 26.7. The van der Waals surface area contributed by atoms with Crippen LogP contribution in [0.3, 0.4) is 0 Å². The lowest BCUT2D eigenvalue weighted by Crippen LogP contribution is -2.37. The Morgan fingerprint density at radius 1 is 1.09 bits per heavy atom. The molecule has 0 saturated carbocycles. The highest BCUT2D eigenvalue weighted by Crippen LogP contribution is 2.32. The quantitative estimate of drug-likeness (QED) is 0.382. The Hall–Kier alpha value is -2.85. The number of methoxy groups -OCH3 is 1. The van der Waals surface area contributed by atoms with Gasteiger partial charge in [-0.15, -0.1) is 0 Å². The molecule has 0 spiro atoms. The van der Waals surface area contributed by atoms with E-state index < -0.39 is 11.9 Å². The van der Waals surface area contributed by atoms with Gasteiger partial charge in [0, 0.05) is 32.8 Å². The molecule has 0 saturated heterocycles. The van der Waals surface area contributed by atoms with Crippen LogP contribution in [0.15, 0.2) is 48.5 Å². The summed E-state index contributed by atoms with van der Waals surface area (Å²) in [7, 11) is 1.62. The maximum atomic E-state index is 13.9. The smallest absolute Gasteiger partial charge is 0.227 e. The van der Waals surface area contributed by atoms with Gasteiger partial charge in [-0.2, -0.15) is 5.10 Å². The molecule has 3 rings (SSSR count). The normalized spacial score (nSPS) is 12.5. The van der Waals surface area contributed by atoms with Crippen LogP contribution < -0.4 is 4.74 Å². The van der Waals surface area contributed by atoms with Crippen LogP contribution in [-0.4, -0.2) is 65.4 Å². The summed E-state index contributed by atoms with van der Waals surface area (Å²) in [4.78, 5) is 2.02. The molecule has 0 radical (unpaired) electrons. The van der Waals surface area contributed by atoms with Gasteiger partial charge in [0.15, 0.2) is 0 Å². The Morgan fingerprint density at radius 3 is 2.49 bits per heavy atom. The van der Waals surface area contributed by atoms with Gasteiger partial charge >= 0.3 is 0 Å². The number of hydrogen-bond donors (Lipinski definition) is 1. The molecule has 1 aromatic heterocycles. The lowest BCUT2D eigenvalue weighted by Gasteiger charge is -2.25. The van der Waals surface area contributed by atoms with Crippen molar-refractivity contribution in [3.05, 3.63) is 71.4 Å². The van der Waals surface area contributed by atoms with Crippen LogP contribution in [0.2, 0.25) is 0 Å². The van der Waals surface area contributed by atoms with Crippen molar-refractivity contribution in [3.8, 4) is 17.3 Å². The number of aliphatic hydroxyl groups is 1. The summed E-state index contributed by atoms with van der Waals surface area (Å²) in [5.74, 6) is -0.101. The van der Waals surface area contributed by atoms with Gasteiger partial charge in [-0.1, -0.05) is 6.07 Å². The Balaban J connectivity index is 1.95. The van der Waals surface area contributed by atoms with Gasteiger partial charge in [0.05, 0.1) is 42.4 Å². The van der Waals surface area contributed by atoms with E-state index in [1.165, 1.54) is 24.3 Å². The van der Waals surface area contributed by atoms with Crippen LogP contribution in [0.5, 0.6) is 11.6 Å². The van der Waals surface area contributed by atoms with Gasteiger partial charge in [-0.05, 0) is 57.2 Å². The summed E-state index contributed by atoms with van der Waals surface area (Å²) >= 11 is 0. The van der Waals surface area contributed by atoms with E-state index in [1.54, 1.807) is 36.1 Å². The second kappa shape index (κ2) is 12.7. The number of benzene rings is 2. The molecule has 0 amide bonds. The topological polar surface area (TPSA) is 69.0 Å². The van der Waals surface area contributed by atoms with Crippen molar-refractivity contribution in [1.82, 2.24) is 14.7 Å². The first-order chi connectivity index (χ1) is 16.8. The molecule has 190 valence electrons. The number of nitrogens with zero attached hydrogens (tertiary/aromatic N) is 3. The summed E-state index contributed by atoms with van der Waals surface area (Å²) in [6, 6.07) is 11.7. The molecular weight excluding hydrogens is 456 g/mol. The molecule has 0 unspecified atom stereocenters. The minimum atomic E-state index is -0.700. The van der Waals surface area contributed by atoms with Crippen molar-refractivity contribution in [2.45, 2.75) is 39.5 Å². The van der Waals surface area contributed by atoms with Crippen LogP contribution >= 0.6 is 0 Å². The average molecular weight is 490 g/mol. The summed E-state index contributed by atoms with van der Waals surface area (Å²) in [6.07, 6.45) is -0.686. The van der Waals surface area contributed by atoms with E-state index in [0.717, 1.165) is 5.56 Å². The maximum absolute atomic E-state index is 13.9. The highest BCUT2D eigenvalue weighted by Gasteiger charge is 2.23. The van der Waals surface area contributed by atoms with Crippen molar-refractivity contribution >= 4 is 0 Å². The molecule has 1 atom stereocenters. The van der Waals surface area contributed by atoms with Crippen LogP contribution in [0.25, 0.3) is 5.69 Å². The molecule has 9 heteroatoms. The molecule has 0 bridgehead atoms. The molecule has 0 aliphatic rings. The SMILES string of the molecule is COCCN(Cc1c(C)nn(-c2ccc(F)cc2)c1Oc1cccc(F)c1)C[C@H](O)COC(C)C. The van der Waals surface area contributed by atoms with Gasteiger partial charge in [0.1, 0.15) is 17.4 Å². The molecule has 3 aromatic rings. The Labute approximate surface area is 204 Å². The fraction of sp³-hybridized carbons (Fsp3) is 0.423. The number of hydrogen-bond acceptors (Lipinski definition) is 6. The minimum Gasteiger partial charge on any atom is -0.438 e. The Morgan fingerprint density at radius 2 is 1.83 bits per heavy atom. The monoisotopic (exact) mass is 489 g/mol. The molecule has 35 heavy (non-hydrogen) atoms. The number of ether oxygens (including phenoxy) is 3. The predicted octanol–water partition coefficient (Wildman–Crippen LogP) is 4.49. The minimum absolute atomic E-state index is 0.0135. The lowest BCUT2D eigenvalue weighted by molar-refractivity contribution is -0.0122. The highest BCUT2D eigenvalue weighted by atomic mass is 19.1. The molecule has 0 aliphatic heterocycles. The highest BCUT2D eigenvalue weighted by molar-refractivity contribution is 5.43. The first-order valence-corrected chi connectivity index (χ1v) is 11.6. The third-order valence-corrected chi connectivity index (χ3v) is 5.30. The van der Waals surface area contributed by atoms with E-state index in [0.29, 0.717) is 49.3 Å². The molecule has 1 heterocycles. The van der Waals surface area contributed by atoms with Gasteiger partial charge in [0.2, 0.25) is 5.88 Å². The lowest BCUT2D eigenvalue weighted by atomic mass is 10.2. The second-order valence-corrected chi connectivity index (χ2v) is 8.58. The van der Waals surface area contributed by atoms with E-state index in [2.05, 4.69) is 5.10 Å². The van der Waals surface area contributed by atoms with Gasteiger partial charge in [-0.3, -0.25) is 4.90 Å². The van der Waals surface area contributed by atoms with E-state index in [1.807, 2.05) is 25.7 Å². The van der Waals surface area contributed by atoms with Crippen molar-refractivity contribution < 1.29 is 28.1 Å². The number of aromatic nitrogens is 2. The molecule has 7 nitrogen and oxygen atoms in total. The summed E-state index contributed by atoms with van der Waals surface area (Å²) in [6.45, 7) is 7.63. The van der Waals surface area contributed by atoms with Crippen LogP contribution in [-0.2, 0) is 16.0 Å².